The Morgan fingerprint density at radius 1 is 1.31 bits per heavy atom. The smallest absolute Gasteiger partial charge is 0.0594 e. The Bertz CT molecular complexity index is 361. The number of benzene rings is 1. The van der Waals surface area contributed by atoms with Gasteiger partial charge in [0, 0.05) is 18.1 Å². The van der Waals surface area contributed by atoms with E-state index in [1.165, 1.54) is 0 Å². The van der Waals surface area contributed by atoms with Crippen molar-refractivity contribution in [2.24, 2.45) is 0 Å². The van der Waals surface area contributed by atoms with Crippen LogP contribution in [0, 0.1) is 0 Å². The molecule has 86 valence electrons. The molecule has 0 radical (unpaired) electrons. The van der Waals surface area contributed by atoms with Crippen LogP contribution < -0.4 is 0 Å². The third-order valence-electron chi connectivity index (χ3n) is 2.89. The molecule has 3 heteroatoms. The first-order valence-electron chi connectivity index (χ1n) is 5.51. The summed E-state index contributed by atoms with van der Waals surface area (Å²) in [6.07, 6.45) is 1.95. The molecule has 0 aromatic heterocycles. The number of morpholine rings is 1. The fourth-order valence-corrected chi connectivity index (χ4v) is 2.29. The van der Waals surface area contributed by atoms with Crippen molar-refractivity contribution in [1.29, 1.82) is 0 Å². The Kier molecular flexibility index (Phi) is 3.99. The predicted molar refractivity (Wildman–Crippen MR) is 66.8 cm³/mol. The van der Waals surface area contributed by atoms with Crippen LogP contribution in [-0.4, -0.2) is 31.2 Å². The highest BCUT2D eigenvalue weighted by atomic mass is 35.5. The van der Waals surface area contributed by atoms with Gasteiger partial charge in [-0.15, -0.1) is 6.58 Å². The molecule has 2 rings (SSSR count). The minimum Gasteiger partial charge on any atom is -0.379 e. The first-order valence-corrected chi connectivity index (χ1v) is 5.89. The van der Waals surface area contributed by atoms with Gasteiger partial charge in [-0.2, -0.15) is 0 Å². The lowest BCUT2D eigenvalue weighted by atomic mass is 10.0. The van der Waals surface area contributed by atoms with Crippen molar-refractivity contribution in [2.75, 3.05) is 26.3 Å². The Labute approximate surface area is 101 Å². The summed E-state index contributed by atoms with van der Waals surface area (Å²) in [7, 11) is 0. The molecule has 1 fully saturated rings. The van der Waals surface area contributed by atoms with Crippen LogP contribution in [0.25, 0.3) is 0 Å². The maximum atomic E-state index is 6.21. The Balaban J connectivity index is 2.21. The highest BCUT2D eigenvalue weighted by Crippen LogP contribution is 2.28. The van der Waals surface area contributed by atoms with E-state index in [2.05, 4.69) is 17.5 Å². The third kappa shape index (κ3) is 2.46. The van der Waals surface area contributed by atoms with Crippen LogP contribution in [0.5, 0.6) is 0 Å². The van der Waals surface area contributed by atoms with Gasteiger partial charge in [-0.05, 0) is 11.6 Å². The van der Waals surface area contributed by atoms with Gasteiger partial charge in [-0.25, -0.2) is 0 Å². The average Bonchev–Trinajstić information content (AvgIpc) is 2.34. The van der Waals surface area contributed by atoms with Crippen LogP contribution in [0.4, 0.5) is 0 Å². The maximum Gasteiger partial charge on any atom is 0.0594 e. The van der Waals surface area contributed by atoms with Crippen molar-refractivity contribution in [3.05, 3.63) is 47.5 Å². The molecule has 0 spiro atoms. The van der Waals surface area contributed by atoms with Crippen LogP contribution in [0.15, 0.2) is 36.9 Å². The van der Waals surface area contributed by atoms with Crippen LogP contribution in [-0.2, 0) is 4.74 Å². The molecule has 2 nitrogen and oxygen atoms in total. The Morgan fingerprint density at radius 2 is 2.00 bits per heavy atom. The van der Waals surface area contributed by atoms with Crippen LogP contribution in [0.3, 0.4) is 0 Å². The standard InChI is InChI=1S/C13H16ClNO/c1-2-13(15-7-9-16-10-8-15)11-5-3-4-6-12(11)14/h2-6,13H,1,7-10H2. The molecule has 0 amide bonds. The summed E-state index contributed by atoms with van der Waals surface area (Å²) in [6.45, 7) is 7.35. The van der Waals surface area contributed by atoms with Gasteiger partial charge in [0.2, 0.25) is 0 Å². The SMILES string of the molecule is C=CC(c1ccccc1Cl)N1CCOCC1. The maximum absolute atomic E-state index is 6.21. The molecule has 1 aliphatic rings. The number of ether oxygens (including phenoxy) is 1. The summed E-state index contributed by atoms with van der Waals surface area (Å²) in [5, 5.41) is 0.805. The van der Waals surface area contributed by atoms with Crippen molar-refractivity contribution >= 4 is 11.6 Å². The second-order valence-electron chi connectivity index (χ2n) is 3.85. The van der Waals surface area contributed by atoms with Crippen LogP contribution >= 0.6 is 11.6 Å². The zero-order valence-electron chi connectivity index (χ0n) is 9.23. The fraction of sp³-hybridized carbons (Fsp3) is 0.385. The van der Waals surface area contributed by atoms with E-state index in [0.29, 0.717) is 0 Å². The molecule has 0 aliphatic carbocycles. The van der Waals surface area contributed by atoms with Crippen LogP contribution in [0.1, 0.15) is 11.6 Å². The van der Waals surface area contributed by atoms with Crippen molar-refractivity contribution in [2.45, 2.75) is 6.04 Å². The monoisotopic (exact) mass is 237 g/mol. The van der Waals surface area contributed by atoms with Crippen molar-refractivity contribution in [3.63, 3.8) is 0 Å². The van der Waals surface area contributed by atoms with E-state index in [1.54, 1.807) is 0 Å². The molecule has 0 saturated carbocycles. The van der Waals surface area contributed by atoms with Gasteiger partial charge in [-0.1, -0.05) is 35.9 Å². The lowest BCUT2D eigenvalue weighted by Gasteiger charge is -2.33. The fourth-order valence-electron chi connectivity index (χ4n) is 2.04. The quantitative estimate of drug-likeness (QED) is 0.750. The normalized spacial score (nSPS) is 19.3. The zero-order chi connectivity index (χ0) is 11.4. The van der Waals surface area contributed by atoms with E-state index >= 15 is 0 Å². The third-order valence-corrected chi connectivity index (χ3v) is 3.23. The van der Waals surface area contributed by atoms with Gasteiger partial charge >= 0.3 is 0 Å². The van der Waals surface area contributed by atoms with Crippen molar-refractivity contribution in [3.8, 4) is 0 Å². The largest absolute Gasteiger partial charge is 0.379 e. The number of rotatable bonds is 3. The summed E-state index contributed by atoms with van der Waals surface area (Å²) in [5.74, 6) is 0. The lowest BCUT2D eigenvalue weighted by molar-refractivity contribution is 0.0254. The molecular formula is C13H16ClNO. The van der Waals surface area contributed by atoms with E-state index in [9.17, 15) is 0 Å². The predicted octanol–water partition coefficient (Wildman–Crippen LogP) is 2.90. The van der Waals surface area contributed by atoms with Crippen molar-refractivity contribution in [1.82, 2.24) is 4.90 Å². The van der Waals surface area contributed by atoms with Gasteiger partial charge in [0.25, 0.3) is 0 Å². The second kappa shape index (κ2) is 5.48. The number of nitrogens with zero attached hydrogens (tertiary/aromatic N) is 1. The van der Waals surface area contributed by atoms with E-state index in [1.807, 2.05) is 24.3 Å². The molecule has 1 saturated heterocycles. The summed E-state index contributed by atoms with van der Waals surface area (Å²) in [4.78, 5) is 2.34. The van der Waals surface area contributed by atoms with E-state index < -0.39 is 0 Å². The van der Waals surface area contributed by atoms with Crippen LogP contribution in [0.2, 0.25) is 5.02 Å². The van der Waals surface area contributed by atoms with E-state index in [4.69, 9.17) is 16.3 Å². The van der Waals surface area contributed by atoms with Gasteiger partial charge in [-0.3, -0.25) is 4.90 Å². The molecule has 0 bridgehead atoms. The number of hydrogen-bond donors (Lipinski definition) is 0. The van der Waals surface area contributed by atoms with Gasteiger partial charge in [0.1, 0.15) is 0 Å². The summed E-state index contributed by atoms with van der Waals surface area (Å²) >= 11 is 6.21. The Hall–Kier alpha value is -0.830. The first-order chi connectivity index (χ1) is 7.83. The molecule has 1 aromatic rings. The molecule has 1 unspecified atom stereocenters. The zero-order valence-corrected chi connectivity index (χ0v) is 9.99. The number of halogens is 1. The molecule has 0 N–H and O–H groups in total. The molecular weight excluding hydrogens is 222 g/mol. The molecule has 1 aromatic carbocycles. The van der Waals surface area contributed by atoms with Gasteiger partial charge in [0.05, 0.1) is 19.3 Å². The van der Waals surface area contributed by atoms with E-state index in [-0.39, 0.29) is 6.04 Å². The topological polar surface area (TPSA) is 12.5 Å². The second-order valence-corrected chi connectivity index (χ2v) is 4.26. The summed E-state index contributed by atoms with van der Waals surface area (Å²) in [5.41, 5.74) is 1.13. The highest BCUT2D eigenvalue weighted by Gasteiger charge is 2.21. The molecule has 16 heavy (non-hydrogen) atoms. The molecule has 1 atom stereocenters. The Morgan fingerprint density at radius 3 is 2.62 bits per heavy atom. The minimum atomic E-state index is 0.192. The first kappa shape index (κ1) is 11.6. The average molecular weight is 238 g/mol. The summed E-state index contributed by atoms with van der Waals surface area (Å²) in [6, 6.07) is 8.14. The van der Waals surface area contributed by atoms with Crippen molar-refractivity contribution < 1.29 is 4.74 Å². The molecule has 1 aliphatic heterocycles. The lowest BCUT2D eigenvalue weighted by Crippen LogP contribution is -2.38. The summed E-state index contributed by atoms with van der Waals surface area (Å²) < 4.78 is 5.35. The van der Waals surface area contributed by atoms with Gasteiger partial charge in [0.15, 0.2) is 0 Å². The molecule has 1 heterocycles. The highest BCUT2D eigenvalue weighted by molar-refractivity contribution is 6.31. The van der Waals surface area contributed by atoms with E-state index in [0.717, 1.165) is 36.9 Å². The van der Waals surface area contributed by atoms with Gasteiger partial charge < -0.3 is 4.74 Å². The minimum absolute atomic E-state index is 0.192. The number of hydrogen-bond acceptors (Lipinski definition) is 2.